The minimum absolute atomic E-state index is 0.0104. The number of benzene rings is 1. The summed E-state index contributed by atoms with van der Waals surface area (Å²) in [6.45, 7) is 2.14. The Bertz CT molecular complexity index is 704. The quantitative estimate of drug-likeness (QED) is 0.642. The zero-order valence-corrected chi connectivity index (χ0v) is 16.1. The number of carboxylic acid groups (broad SMARTS) is 1. The van der Waals surface area contributed by atoms with Crippen LogP contribution in [0.2, 0.25) is 0 Å². The predicted octanol–water partition coefficient (Wildman–Crippen LogP) is 1.89. The van der Waals surface area contributed by atoms with Crippen LogP contribution in [0.3, 0.4) is 0 Å². The van der Waals surface area contributed by atoms with Gasteiger partial charge in [0.05, 0.1) is 17.2 Å². The van der Waals surface area contributed by atoms with Gasteiger partial charge in [-0.25, -0.2) is 0 Å². The molecule has 0 aromatic heterocycles. The first-order valence-electron chi connectivity index (χ1n) is 9.46. The van der Waals surface area contributed by atoms with Crippen LogP contribution in [0, 0.1) is 5.92 Å². The van der Waals surface area contributed by atoms with Crippen LogP contribution in [-0.4, -0.2) is 54.5 Å². The number of carbonyl (C=O) groups excluding carboxylic acids is 2. The highest BCUT2D eigenvalue weighted by atomic mass is 16.4. The van der Waals surface area contributed by atoms with Crippen molar-refractivity contribution in [3.63, 3.8) is 0 Å². The number of amides is 2. The zero-order chi connectivity index (χ0) is 20.0. The van der Waals surface area contributed by atoms with Crippen molar-refractivity contribution in [3.8, 4) is 0 Å². The second kappa shape index (κ2) is 9.50. The molecule has 1 unspecified atom stereocenters. The highest BCUT2D eigenvalue weighted by molar-refractivity contribution is 6.09. The van der Waals surface area contributed by atoms with Crippen LogP contribution in [0.4, 0.5) is 5.69 Å². The van der Waals surface area contributed by atoms with Crippen molar-refractivity contribution in [2.75, 3.05) is 31.6 Å². The van der Waals surface area contributed by atoms with E-state index in [4.69, 9.17) is 10.8 Å². The summed E-state index contributed by atoms with van der Waals surface area (Å²) in [6, 6.07) is 5.60. The molecule has 1 aromatic carbocycles. The standard InChI is InChI=1S/C20H29N3O4/c1-14(20(26)27)12-23-13-18(24)22(2)17-9-8-15(11-16(17)19(23)25)7-5-3-4-6-10-21/h8-9,11,14H,3-7,10,12-13,21H2,1-2H3,(H,26,27). The summed E-state index contributed by atoms with van der Waals surface area (Å²) in [6.07, 6.45) is 5.07. The van der Waals surface area contributed by atoms with E-state index in [0.717, 1.165) is 37.7 Å². The Hall–Kier alpha value is -2.41. The van der Waals surface area contributed by atoms with Crippen LogP contribution in [0.25, 0.3) is 0 Å². The summed E-state index contributed by atoms with van der Waals surface area (Å²) in [5.41, 5.74) is 7.58. The number of aliphatic carboxylic acids is 1. The number of unbranched alkanes of at least 4 members (excludes halogenated alkanes) is 3. The van der Waals surface area contributed by atoms with Crippen molar-refractivity contribution >= 4 is 23.5 Å². The third-order valence-electron chi connectivity index (χ3n) is 4.98. The lowest BCUT2D eigenvalue weighted by Gasteiger charge is -2.22. The third kappa shape index (κ3) is 5.29. The molecule has 3 N–H and O–H groups in total. The largest absolute Gasteiger partial charge is 0.481 e. The van der Waals surface area contributed by atoms with E-state index in [-0.39, 0.29) is 24.9 Å². The normalized spacial score (nSPS) is 15.5. The number of anilines is 1. The van der Waals surface area contributed by atoms with E-state index in [2.05, 4.69) is 0 Å². The summed E-state index contributed by atoms with van der Waals surface area (Å²) >= 11 is 0. The molecule has 0 bridgehead atoms. The number of rotatable bonds is 9. The van der Waals surface area contributed by atoms with Crippen LogP contribution in [-0.2, 0) is 16.0 Å². The molecule has 0 aliphatic carbocycles. The Morgan fingerprint density at radius 3 is 2.59 bits per heavy atom. The molecule has 0 saturated carbocycles. The molecule has 1 aliphatic heterocycles. The van der Waals surface area contributed by atoms with Gasteiger partial charge in [0.25, 0.3) is 5.91 Å². The van der Waals surface area contributed by atoms with E-state index < -0.39 is 11.9 Å². The van der Waals surface area contributed by atoms with Gasteiger partial charge in [-0.3, -0.25) is 14.4 Å². The molecule has 0 fully saturated rings. The van der Waals surface area contributed by atoms with Gasteiger partial charge >= 0.3 is 5.97 Å². The van der Waals surface area contributed by atoms with E-state index >= 15 is 0 Å². The van der Waals surface area contributed by atoms with Gasteiger partial charge < -0.3 is 20.6 Å². The van der Waals surface area contributed by atoms with E-state index in [0.29, 0.717) is 17.8 Å². The third-order valence-corrected chi connectivity index (χ3v) is 4.98. The molecule has 148 valence electrons. The molecule has 0 spiro atoms. The Kier molecular flexibility index (Phi) is 7.36. The molecule has 27 heavy (non-hydrogen) atoms. The van der Waals surface area contributed by atoms with Gasteiger partial charge in [0, 0.05) is 13.6 Å². The molecule has 0 radical (unpaired) electrons. The lowest BCUT2D eigenvalue weighted by Crippen LogP contribution is -2.41. The molecular formula is C20H29N3O4. The van der Waals surface area contributed by atoms with Crippen LogP contribution in [0.1, 0.15) is 48.5 Å². The number of nitrogens with zero attached hydrogens (tertiary/aromatic N) is 2. The maximum Gasteiger partial charge on any atom is 0.308 e. The summed E-state index contributed by atoms with van der Waals surface area (Å²) in [7, 11) is 1.64. The fourth-order valence-corrected chi connectivity index (χ4v) is 3.23. The molecule has 1 aliphatic rings. The topological polar surface area (TPSA) is 104 Å². The minimum Gasteiger partial charge on any atom is -0.481 e. The van der Waals surface area contributed by atoms with Crippen molar-refractivity contribution in [1.29, 1.82) is 0 Å². The summed E-state index contributed by atoms with van der Waals surface area (Å²) in [5.74, 6) is -2.24. The maximum absolute atomic E-state index is 13.0. The van der Waals surface area contributed by atoms with Crippen molar-refractivity contribution in [2.45, 2.75) is 39.0 Å². The van der Waals surface area contributed by atoms with Crippen molar-refractivity contribution in [1.82, 2.24) is 4.90 Å². The number of aryl methyl sites for hydroxylation is 1. The van der Waals surface area contributed by atoms with Gasteiger partial charge in [-0.15, -0.1) is 0 Å². The van der Waals surface area contributed by atoms with Crippen molar-refractivity contribution < 1.29 is 19.5 Å². The number of hydrogen-bond acceptors (Lipinski definition) is 4. The number of fused-ring (bicyclic) bond motifs is 1. The van der Waals surface area contributed by atoms with Gasteiger partial charge in [0.2, 0.25) is 5.91 Å². The fourth-order valence-electron chi connectivity index (χ4n) is 3.23. The Balaban J connectivity index is 2.20. The smallest absolute Gasteiger partial charge is 0.308 e. The Morgan fingerprint density at radius 2 is 1.93 bits per heavy atom. The lowest BCUT2D eigenvalue weighted by molar-refractivity contribution is -0.141. The van der Waals surface area contributed by atoms with Gasteiger partial charge in [-0.05, 0) is 43.5 Å². The monoisotopic (exact) mass is 375 g/mol. The SMILES string of the molecule is CC(CN1CC(=O)N(C)c2ccc(CCCCCCN)cc2C1=O)C(=O)O. The van der Waals surface area contributed by atoms with Gasteiger partial charge in [-0.2, -0.15) is 0 Å². The van der Waals surface area contributed by atoms with E-state index in [1.807, 2.05) is 18.2 Å². The second-order valence-electron chi connectivity index (χ2n) is 7.18. The molecule has 2 rings (SSSR count). The van der Waals surface area contributed by atoms with Crippen LogP contribution < -0.4 is 10.6 Å². The number of hydrogen-bond donors (Lipinski definition) is 2. The number of nitrogens with two attached hydrogens (primary N) is 1. The first-order valence-corrected chi connectivity index (χ1v) is 9.46. The Labute approximate surface area is 160 Å². The van der Waals surface area contributed by atoms with Crippen molar-refractivity contribution in [3.05, 3.63) is 29.3 Å². The maximum atomic E-state index is 13.0. The highest BCUT2D eigenvalue weighted by Gasteiger charge is 2.31. The zero-order valence-electron chi connectivity index (χ0n) is 16.1. The highest BCUT2D eigenvalue weighted by Crippen LogP contribution is 2.27. The molecule has 0 saturated heterocycles. The van der Waals surface area contributed by atoms with E-state index in [1.165, 1.54) is 16.7 Å². The first-order chi connectivity index (χ1) is 12.8. The van der Waals surface area contributed by atoms with Gasteiger partial charge in [0.15, 0.2) is 0 Å². The fraction of sp³-hybridized carbons (Fsp3) is 0.550. The van der Waals surface area contributed by atoms with Crippen LogP contribution in [0.15, 0.2) is 18.2 Å². The van der Waals surface area contributed by atoms with E-state index in [9.17, 15) is 14.4 Å². The molecule has 2 amide bonds. The second-order valence-corrected chi connectivity index (χ2v) is 7.18. The van der Waals surface area contributed by atoms with Crippen LogP contribution in [0.5, 0.6) is 0 Å². The molecule has 7 nitrogen and oxygen atoms in total. The summed E-state index contributed by atoms with van der Waals surface area (Å²) < 4.78 is 0. The molecule has 1 heterocycles. The average molecular weight is 375 g/mol. The Morgan fingerprint density at radius 1 is 1.22 bits per heavy atom. The number of carbonyl (C=O) groups is 3. The lowest BCUT2D eigenvalue weighted by atomic mass is 10.0. The summed E-state index contributed by atoms with van der Waals surface area (Å²) in [4.78, 5) is 39.4. The summed E-state index contributed by atoms with van der Waals surface area (Å²) in [5, 5.41) is 9.14. The van der Waals surface area contributed by atoms with Crippen LogP contribution >= 0.6 is 0 Å². The van der Waals surface area contributed by atoms with Crippen molar-refractivity contribution in [2.24, 2.45) is 11.7 Å². The molecule has 7 heteroatoms. The van der Waals surface area contributed by atoms with E-state index in [1.54, 1.807) is 7.05 Å². The first kappa shape index (κ1) is 20.9. The average Bonchev–Trinajstić information content (AvgIpc) is 2.73. The minimum atomic E-state index is -0.987. The van der Waals surface area contributed by atoms with Gasteiger partial charge in [0.1, 0.15) is 6.54 Å². The molecule has 1 atom stereocenters. The predicted molar refractivity (Wildman–Crippen MR) is 104 cm³/mol. The van der Waals surface area contributed by atoms with Gasteiger partial charge in [-0.1, -0.05) is 25.8 Å². The molecular weight excluding hydrogens is 346 g/mol. The number of likely N-dealkylation sites (N-methyl/N-ethyl adjacent to an activating group) is 1. The number of carboxylic acids is 1. The molecule has 1 aromatic rings.